The summed E-state index contributed by atoms with van der Waals surface area (Å²) in [5.74, 6) is -0.534. The van der Waals surface area contributed by atoms with Gasteiger partial charge in [0, 0.05) is 33.0 Å². The number of amides is 2. The van der Waals surface area contributed by atoms with E-state index in [9.17, 15) is 14.4 Å². The maximum absolute atomic E-state index is 12.6. The Labute approximate surface area is 144 Å². The third-order valence-electron chi connectivity index (χ3n) is 3.88. The van der Waals surface area contributed by atoms with Gasteiger partial charge in [0.2, 0.25) is 6.41 Å². The van der Waals surface area contributed by atoms with Gasteiger partial charge in [-0.3, -0.25) is 9.69 Å². The van der Waals surface area contributed by atoms with Crippen LogP contribution >= 0.6 is 0 Å². The van der Waals surface area contributed by atoms with E-state index >= 15 is 0 Å². The summed E-state index contributed by atoms with van der Waals surface area (Å²) in [6.07, 6.45) is 1.28. The lowest BCUT2D eigenvalue weighted by Gasteiger charge is -2.34. The van der Waals surface area contributed by atoms with Crippen LogP contribution in [-0.2, 0) is 19.1 Å². The molecule has 1 aliphatic heterocycles. The maximum atomic E-state index is 12.6. The fraction of sp³-hybridized carbons (Fsp3) is 0.824. The van der Waals surface area contributed by atoms with Gasteiger partial charge in [0.25, 0.3) is 0 Å². The molecule has 1 rings (SSSR count). The van der Waals surface area contributed by atoms with Crippen LogP contribution in [0.2, 0.25) is 0 Å². The first-order chi connectivity index (χ1) is 11.0. The van der Waals surface area contributed by atoms with E-state index in [-0.39, 0.29) is 12.0 Å². The van der Waals surface area contributed by atoms with Crippen LogP contribution in [-0.4, -0.2) is 66.2 Å². The lowest BCUT2D eigenvalue weighted by molar-refractivity contribution is -0.158. The first-order valence-electron chi connectivity index (χ1n) is 8.40. The summed E-state index contributed by atoms with van der Waals surface area (Å²) in [5.41, 5.74) is -0.627. The van der Waals surface area contributed by atoms with Crippen LogP contribution in [0.3, 0.4) is 0 Å². The molecule has 1 saturated heterocycles. The molecule has 24 heavy (non-hydrogen) atoms. The molecule has 7 heteroatoms. The zero-order valence-corrected chi connectivity index (χ0v) is 15.6. The van der Waals surface area contributed by atoms with E-state index in [1.165, 1.54) is 4.90 Å². The molecule has 0 N–H and O–H groups in total. The fourth-order valence-corrected chi connectivity index (χ4v) is 2.66. The Kier molecular flexibility index (Phi) is 7.05. The van der Waals surface area contributed by atoms with Crippen LogP contribution in [0.5, 0.6) is 0 Å². The Hall–Kier alpha value is -1.79. The molecule has 1 unspecified atom stereocenters. The normalized spacial score (nSPS) is 17.4. The standard InChI is InChI=1S/C17H30N2O5/c1-12(2)14(18(6)16(22)24-17(3,4)5)15(21)23-13-7-9-19(11-20)10-8-13/h11-14H,7-10H2,1-6H3. The number of nitrogens with zero attached hydrogens (tertiary/aromatic N) is 2. The lowest BCUT2D eigenvalue weighted by Crippen LogP contribution is -2.49. The van der Waals surface area contributed by atoms with Gasteiger partial charge in [0.1, 0.15) is 17.7 Å². The fourth-order valence-electron chi connectivity index (χ4n) is 2.66. The van der Waals surface area contributed by atoms with Crippen molar-refractivity contribution in [1.82, 2.24) is 9.80 Å². The summed E-state index contributed by atoms with van der Waals surface area (Å²) >= 11 is 0. The number of hydrogen-bond acceptors (Lipinski definition) is 5. The average Bonchev–Trinajstić information content (AvgIpc) is 2.45. The number of piperidine rings is 1. The zero-order chi connectivity index (χ0) is 18.5. The van der Waals surface area contributed by atoms with Gasteiger partial charge in [-0.1, -0.05) is 13.8 Å². The van der Waals surface area contributed by atoms with Gasteiger partial charge < -0.3 is 14.4 Å². The van der Waals surface area contributed by atoms with Gasteiger partial charge >= 0.3 is 12.1 Å². The van der Waals surface area contributed by atoms with Gasteiger partial charge in [-0.25, -0.2) is 9.59 Å². The quantitative estimate of drug-likeness (QED) is 0.564. The number of carbonyl (C=O) groups is 3. The summed E-state index contributed by atoms with van der Waals surface area (Å²) in [4.78, 5) is 38.5. The number of ether oxygens (including phenoxy) is 2. The van der Waals surface area contributed by atoms with Crippen LogP contribution in [0.15, 0.2) is 0 Å². The summed E-state index contributed by atoms with van der Waals surface area (Å²) in [7, 11) is 1.55. The van der Waals surface area contributed by atoms with E-state index < -0.39 is 23.7 Å². The summed E-state index contributed by atoms with van der Waals surface area (Å²) in [6, 6.07) is -0.705. The number of hydrogen-bond donors (Lipinski definition) is 0. The Morgan fingerprint density at radius 3 is 2.17 bits per heavy atom. The minimum absolute atomic E-state index is 0.106. The van der Waals surface area contributed by atoms with E-state index in [2.05, 4.69) is 0 Å². The summed E-state index contributed by atoms with van der Waals surface area (Å²) in [6.45, 7) is 10.2. The molecule has 0 saturated carbocycles. The predicted molar refractivity (Wildman–Crippen MR) is 89.4 cm³/mol. The minimum Gasteiger partial charge on any atom is -0.461 e. The second-order valence-corrected chi connectivity index (χ2v) is 7.56. The number of rotatable bonds is 5. The SMILES string of the molecule is CC(C)C(C(=O)OC1CCN(C=O)CC1)N(C)C(=O)OC(C)(C)C. The van der Waals surface area contributed by atoms with Crippen molar-refractivity contribution in [2.45, 2.75) is 65.2 Å². The molecule has 0 aliphatic carbocycles. The number of likely N-dealkylation sites (N-methyl/N-ethyl adjacent to an activating group) is 1. The lowest BCUT2D eigenvalue weighted by atomic mass is 10.0. The molecule has 7 nitrogen and oxygen atoms in total. The second-order valence-electron chi connectivity index (χ2n) is 7.56. The van der Waals surface area contributed by atoms with Crippen molar-refractivity contribution in [3.05, 3.63) is 0 Å². The molecule has 2 amide bonds. The molecule has 1 aliphatic rings. The predicted octanol–water partition coefficient (Wildman–Crippen LogP) is 2.04. The third-order valence-corrected chi connectivity index (χ3v) is 3.88. The van der Waals surface area contributed by atoms with E-state index in [1.54, 1.807) is 32.7 Å². The highest BCUT2D eigenvalue weighted by Crippen LogP contribution is 2.19. The third kappa shape index (κ3) is 6.02. The number of carbonyl (C=O) groups excluding carboxylic acids is 3. The molecule has 0 aromatic heterocycles. The van der Waals surface area contributed by atoms with Crippen LogP contribution in [0.1, 0.15) is 47.5 Å². The van der Waals surface area contributed by atoms with E-state index in [0.29, 0.717) is 25.9 Å². The summed E-state index contributed by atoms with van der Waals surface area (Å²) < 4.78 is 10.9. The van der Waals surface area contributed by atoms with Crippen molar-refractivity contribution < 1.29 is 23.9 Å². The minimum atomic E-state index is -0.705. The topological polar surface area (TPSA) is 76.2 Å². The molecule has 1 heterocycles. The Morgan fingerprint density at radius 1 is 1.21 bits per heavy atom. The largest absolute Gasteiger partial charge is 0.461 e. The summed E-state index contributed by atoms with van der Waals surface area (Å²) in [5, 5.41) is 0. The smallest absolute Gasteiger partial charge is 0.410 e. The highest BCUT2D eigenvalue weighted by molar-refractivity contribution is 5.81. The highest BCUT2D eigenvalue weighted by Gasteiger charge is 2.35. The van der Waals surface area contributed by atoms with Gasteiger partial charge in [0.15, 0.2) is 0 Å². The second kappa shape index (κ2) is 8.35. The van der Waals surface area contributed by atoms with Crippen LogP contribution in [0, 0.1) is 5.92 Å². The molecular weight excluding hydrogens is 312 g/mol. The van der Waals surface area contributed by atoms with E-state index in [0.717, 1.165) is 6.41 Å². The molecule has 0 bridgehead atoms. The van der Waals surface area contributed by atoms with Crippen molar-refractivity contribution >= 4 is 18.5 Å². The Morgan fingerprint density at radius 2 is 1.75 bits per heavy atom. The van der Waals surface area contributed by atoms with Gasteiger partial charge in [-0.05, 0) is 26.7 Å². The molecule has 138 valence electrons. The number of esters is 1. The molecule has 0 radical (unpaired) electrons. The van der Waals surface area contributed by atoms with Crippen molar-refractivity contribution in [3.8, 4) is 0 Å². The van der Waals surface area contributed by atoms with Crippen LogP contribution in [0.4, 0.5) is 4.79 Å². The zero-order valence-electron chi connectivity index (χ0n) is 15.6. The first-order valence-corrected chi connectivity index (χ1v) is 8.40. The Bertz CT molecular complexity index is 450. The molecule has 0 spiro atoms. The monoisotopic (exact) mass is 342 g/mol. The van der Waals surface area contributed by atoms with Gasteiger partial charge in [-0.2, -0.15) is 0 Å². The first kappa shape index (κ1) is 20.3. The van der Waals surface area contributed by atoms with Crippen molar-refractivity contribution in [2.75, 3.05) is 20.1 Å². The highest BCUT2D eigenvalue weighted by atomic mass is 16.6. The van der Waals surface area contributed by atoms with E-state index in [4.69, 9.17) is 9.47 Å². The van der Waals surface area contributed by atoms with E-state index in [1.807, 2.05) is 13.8 Å². The number of likely N-dealkylation sites (tertiary alicyclic amines) is 1. The van der Waals surface area contributed by atoms with Crippen LogP contribution < -0.4 is 0 Å². The molecule has 0 aromatic carbocycles. The maximum Gasteiger partial charge on any atom is 0.410 e. The van der Waals surface area contributed by atoms with Crippen molar-refractivity contribution in [1.29, 1.82) is 0 Å². The molecule has 1 fully saturated rings. The average molecular weight is 342 g/mol. The van der Waals surface area contributed by atoms with Gasteiger partial charge in [0.05, 0.1) is 0 Å². The molecular formula is C17H30N2O5. The molecule has 0 aromatic rings. The molecule has 1 atom stereocenters. The van der Waals surface area contributed by atoms with Crippen molar-refractivity contribution in [2.24, 2.45) is 5.92 Å². The van der Waals surface area contributed by atoms with Gasteiger partial charge in [-0.15, -0.1) is 0 Å². The Balaban J connectivity index is 2.68. The van der Waals surface area contributed by atoms with Crippen LogP contribution in [0.25, 0.3) is 0 Å². The van der Waals surface area contributed by atoms with Crippen molar-refractivity contribution in [3.63, 3.8) is 0 Å².